The Bertz CT molecular complexity index is 405. The highest BCUT2D eigenvalue weighted by atomic mass is 127. The van der Waals surface area contributed by atoms with Gasteiger partial charge in [0, 0.05) is 6.04 Å². The van der Waals surface area contributed by atoms with Crippen LogP contribution in [0.1, 0.15) is 33.2 Å². The van der Waals surface area contributed by atoms with E-state index in [1.54, 1.807) is 4.57 Å². The van der Waals surface area contributed by atoms with Crippen molar-refractivity contribution in [2.24, 2.45) is 5.92 Å². The molecule has 84 valence electrons. The molecule has 0 aromatic carbocycles. The van der Waals surface area contributed by atoms with Crippen LogP contribution in [0.2, 0.25) is 5.15 Å². The van der Waals surface area contributed by atoms with Gasteiger partial charge in [-0.15, -0.1) is 0 Å². The molecule has 0 saturated heterocycles. The second-order valence-electron chi connectivity index (χ2n) is 3.69. The average Bonchev–Trinajstić information content (AvgIpc) is 2.24. The molecule has 0 aliphatic heterocycles. The van der Waals surface area contributed by atoms with E-state index in [9.17, 15) is 4.79 Å². The molecule has 0 aliphatic rings. The molecule has 0 aliphatic carbocycles. The number of hydrogen-bond donors (Lipinski definition) is 0. The molecule has 0 N–H and O–H groups in total. The maximum atomic E-state index is 11.9. The third-order valence-corrected chi connectivity index (χ3v) is 4.38. The molecule has 0 radical (unpaired) electrons. The molecule has 0 saturated carbocycles. The standard InChI is InChI=1S/C10H14ClIN2O/c1-4-6(2)7(3)14-5-13-9(11)8(12)10(14)15/h5-7H,4H2,1-3H3. The molecular formula is C10H14ClIN2O. The summed E-state index contributed by atoms with van der Waals surface area (Å²) in [6, 6.07) is 0.154. The smallest absolute Gasteiger partial charge is 0.268 e. The van der Waals surface area contributed by atoms with Crippen molar-refractivity contribution in [3.05, 3.63) is 25.4 Å². The van der Waals surface area contributed by atoms with Crippen molar-refractivity contribution in [1.29, 1.82) is 0 Å². The van der Waals surface area contributed by atoms with Crippen LogP contribution in [-0.2, 0) is 0 Å². The molecule has 0 spiro atoms. The summed E-state index contributed by atoms with van der Waals surface area (Å²) in [6.07, 6.45) is 2.57. The van der Waals surface area contributed by atoms with Crippen LogP contribution in [0.4, 0.5) is 0 Å². The molecule has 1 aromatic rings. The molecule has 3 nitrogen and oxygen atoms in total. The topological polar surface area (TPSA) is 34.9 Å². The second-order valence-corrected chi connectivity index (χ2v) is 5.12. The van der Waals surface area contributed by atoms with Gasteiger partial charge in [0.25, 0.3) is 5.56 Å². The van der Waals surface area contributed by atoms with E-state index in [-0.39, 0.29) is 16.8 Å². The van der Waals surface area contributed by atoms with E-state index in [4.69, 9.17) is 11.6 Å². The van der Waals surface area contributed by atoms with Gasteiger partial charge in [-0.3, -0.25) is 9.36 Å². The van der Waals surface area contributed by atoms with Gasteiger partial charge >= 0.3 is 0 Å². The lowest BCUT2D eigenvalue weighted by Gasteiger charge is -2.20. The van der Waals surface area contributed by atoms with Crippen molar-refractivity contribution in [2.45, 2.75) is 33.2 Å². The first-order chi connectivity index (χ1) is 6.99. The SMILES string of the molecule is CCC(C)C(C)n1cnc(Cl)c(I)c1=O. The zero-order valence-electron chi connectivity index (χ0n) is 9.00. The molecule has 1 heterocycles. The third kappa shape index (κ3) is 2.72. The van der Waals surface area contributed by atoms with Crippen molar-refractivity contribution < 1.29 is 0 Å². The normalized spacial score (nSPS) is 15.0. The van der Waals surface area contributed by atoms with Crippen LogP contribution >= 0.6 is 34.2 Å². The Kier molecular flexibility index (Phi) is 4.58. The number of halogens is 2. The van der Waals surface area contributed by atoms with Crippen molar-refractivity contribution >= 4 is 34.2 Å². The maximum Gasteiger partial charge on any atom is 0.268 e. The molecule has 0 amide bonds. The van der Waals surface area contributed by atoms with Gasteiger partial charge in [-0.25, -0.2) is 4.98 Å². The maximum absolute atomic E-state index is 11.9. The van der Waals surface area contributed by atoms with Crippen molar-refractivity contribution in [1.82, 2.24) is 9.55 Å². The van der Waals surface area contributed by atoms with Gasteiger partial charge in [0.2, 0.25) is 0 Å². The largest absolute Gasteiger partial charge is 0.295 e. The lowest BCUT2D eigenvalue weighted by Crippen LogP contribution is -2.28. The van der Waals surface area contributed by atoms with Crippen molar-refractivity contribution in [3.63, 3.8) is 0 Å². The Balaban J connectivity index is 3.17. The summed E-state index contributed by atoms with van der Waals surface area (Å²) in [5, 5.41) is 0.285. The predicted octanol–water partition coefficient (Wildman–Crippen LogP) is 3.11. The molecule has 1 aromatic heterocycles. The van der Waals surface area contributed by atoms with Crippen LogP contribution < -0.4 is 5.56 Å². The highest BCUT2D eigenvalue weighted by Crippen LogP contribution is 2.19. The van der Waals surface area contributed by atoms with E-state index >= 15 is 0 Å². The molecule has 0 fully saturated rings. The van der Waals surface area contributed by atoms with Gasteiger partial charge in [0.1, 0.15) is 8.72 Å². The summed E-state index contributed by atoms with van der Waals surface area (Å²) < 4.78 is 2.15. The minimum Gasteiger partial charge on any atom is -0.295 e. The predicted molar refractivity (Wildman–Crippen MR) is 70.4 cm³/mol. The number of hydrogen-bond acceptors (Lipinski definition) is 2. The van der Waals surface area contributed by atoms with Gasteiger partial charge in [-0.2, -0.15) is 0 Å². The van der Waals surface area contributed by atoms with Gasteiger partial charge in [-0.1, -0.05) is 31.9 Å². The Hall–Kier alpha value is -0.100. The van der Waals surface area contributed by atoms with E-state index in [0.717, 1.165) is 6.42 Å². The summed E-state index contributed by atoms with van der Waals surface area (Å²) in [5.74, 6) is 0.446. The molecule has 2 atom stereocenters. The first-order valence-electron chi connectivity index (χ1n) is 4.91. The van der Waals surface area contributed by atoms with Crippen LogP contribution in [0.5, 0.6) is 0 Å². The Morgan fingerprint density at radius 2 is 2.20 bits per heavy atom. The van der Waals surface area contributed by atoms with E-state index < -0.39 is 0 Å². The lowest BCUT2D eigenvalue weighted by atomic mass is 10.0. The molecule has 0 bridgehead atoms. The fraction of sp³-hybridized carbons (Fsp3) is 0.600. The lowest BCUT2D eigenvalue weighted by molar-refractivity contribution is 0.358. The Labute approximate surface area is 108 Å². The summed E-state index contributed by atoms with van der Waals surface area (Å²) >= 11 is 7.71. The average molecular weight is 341 g/mol. The van der Waals surface area contributed by atoms with E-state index in [2.05, 4.69) is 18.8 Å². The van der Waals surface area contributed by atoms with Crippen molar-refractivity contribution in [3.8, 4) is 0 Å². The highest BCUT2D eigenvalue weighted by molar-refractivity contribution is 14.1. The van der Waals surface area contributed by atoms with Crippen LogP contribution in [0.25, 0.3) is 0 Å². The van der Waals surface area contributed by atoms with E-state index in [0.29, 0.717) is 9.49 Å². The first kappa shape index (κ1) is 13.0. The fourth-order valence-electron chi connectivity index (χ4n) is 1.33. The van der Waals surface area contributed by atoms with Gasteiger partial charge in [-0.05, 0) is 35.4 Å². The zero-order chi connectivity index (χ0) is 11.6. The van der Waals surface area contributed by atoms with Gasteiger partial charge in [0.05, 0.1) is 6.33 Å². The van der Waals surface area contributed by atoms with Gasteiger partial charge in [0.15, 0.2) is 0 Å². The molecular weight excluding hydrogens is 326 g/mol. The minimum atomic E-state index is -0.0524. The summed E-state index contributed by atoms with van der Waals surface area (Å²) in [6.45, 7) is 6.26. The van der Waals surface area contributed by atoms with Crippen molar-refractivity contribution in [2.75, 3.05) is 0 Å². The molecule has 5 heteroatoms. The Morgan fingerprint density at radius 3 is 2.73 bits per heavy atom. The van der Waals surface area contributed by atoms with Crippen LogP contribution in [0.15, 0.2) is 11.1 Å². The molecule has 2 unspecified atom stereocenters. The van der Waals surface area contributed by atoms with Crippen LogP contribution in [0.3, 0.4) is 0 Å². The number of rotatable bonds is 3. The van der Waals surface area contributed by atoms with Gasteiger partial charge < -0.3 is 0 Å². The zero-order valence-corrected chi connectivity index (χ0v) is 11.9. The summed E-state index contributed by atoms with van der Waals surface area (Å²) in [7, 11) is 0. The second kappa shape index (κ2) is 5.30. The van der Waals surface area contributed by atoms with E-state index in [1.165, 1.54) is 6.33 Å². The fourth-order valence-corrected chi connectivity index (χ4v) is 1.87. The summed E-state index contributed by atoms with van der Waals surface area (Å²) in [5.41, 5.74) is -0.0524. The van der Waals surface area contributed by atoms with Crippen LogP contribution in [0, 0.1) is 9.49 Å². The van der Waals surface area contributed by atoms with Crippen LogP contribution in [-0.4, -0.2) is 9.55 Å². The molecule has 15 heavy (non-hydrogen) atoms. The minimum absolute atomic E-state index is 0.0524. The molecule has 1 rings (SSSR count). The monoisotopic (exact) mass is 340 g/mol. The number of nitrogens with zero attached hydrogens (tertiary/aromatic N) is 2. The quantitative estimate of drug-likeness (QED) is 0.626. The highest BCUT2D eigenvalue weighted by Gasteiger charge is 2.16. The first-order valence-corrected chi connectivity index (χ1v) is 6.36. The number of aromatic nitrogens is 2. The third-order valence-electron chi connectivity index (χ3n) is 2.81. The van der Waals surface area contributed by atoms with E-state index in [1.807, 2.05) is 29.5 Å². The summed E-state index contributed by atoms with van der Waals surface area (Å²) in [4.78, 5) is 15.9. The Morgan fingerprint density at radius 1 is 1.60 bits per heavy atom.